The molecular formula is C16H20ClN3. The molecule has 1 aliphatic rings. The Kier molecular flexibility index (Phi) is 4.08. The Hall–Kier alpha value is -1.32. The summed E-state index contributed by atoms with van der Waals surface area (Å²) >= 11 is 5.99. The highest BCUT2D eigenvalue weighted by Gasteiger charge is 2.21. The number of benzene rings is 1. The Bertz CT molecular complexity index is 599. The van der Waals surface area contributed by atoms with Crippen molar-refractivity contribution >= 4 is 28.3 Å². The molecule has 1 N–H and O–H groups in total. The van der Waals surface area contributed by atoms with Gasteiger partial charge in [-0.3, -0.25) is 0 Å². The smallest absolute Gasteiger partial charge is 0.126 e. The van der Waals surface area contributed by atoms with E-state index in [2.05, 4.69) is 28.2 Å². The molecule has 3 rings (SSSR count). The third-order valence-electron chi connectivity index (χ3n) is 3.82. The van der Waals surface area contributed by atoms with Crippen molar-refractivity contribution in [1.29, 1.82) is 0 Å². The van der Waals surface area contributed by atoms with Crippen molar-refractivity contribution in [3.05, 3.63) is 35.4 Å². The number of aromatic nitrogens is 1. The largest absolute Gasteiger partial charge is 0.366 e. The monoisotopic (exact) mass is 289 g/mol. The van der Waals surface area contributed by atoms with Crippen molar-refractivity contribution in [1.82, 2.24) is 9.88 Å². The second-order valence-corrected chi connectivity index (χ2v) is 5.90. The van der Waals surface area contributed by atoms with Gasteiger partial charge in [-0.25, -0.2) is 4.98 Å². The van der Waals surface area contributed by atoms with Gasteiger partial charge in [-0.2, -0.15) is 0 Å². The van der Waals surface area contributed by atoms with Crippen LogP contribution in [0.25, 0.3) is 10.9 Å². The van der Waals surface area contributed by atoms with Crippen LogP contribution < -0.4 is 5.32 Å². The maximum atomic E-state index is 5.99. The first-order valence-corrected chi connectivity index (χ1v) is 7.67. The van der Waals surface area contributed by atoms with Gasteiger partial charge in [-0.1, -0.05) is 18.5 Å². The van der Waals surface area contributed by atoms with Gasteiger partial charge in [0.1, 0.15) is 5.82 Å². The van der Waals surface area contributed by atoms with E-state index in [0.29, 0.717) is 6.04 Å². The summed E-state index contributed by atoms with van der Waals surface area (Å²) in [4.78, 5) is 7.17. The highest BCUT2D eigenvalue weighted by molar-refractivity contribution is 6.31. The zero-order valence-electron chi connectivity index (χ0n) is 11.8. The van der Waals surface area contributed by atoms with E-state index < -0.39 is 0 Å². The highest BCUT2D eigenvalue weighted by atomic mass is 35.5. The molecule has 1 atom stereocenters. The Morgan fingerprint density at radius 1 is 1.35 bits per heavy atom. The van der Waals surface area contributed by atoms with Crippen molar-refractivity contribution in [2.75, 3.05) is 25.0 Å². The zero-order chi connectivity index (χ0) is 13.9. The summed E-state index contributed by atoms with van der Waals surface area (Å²) in [5.74, 6) is 0.961. The first-order chi connectivity index (χ1) is 9.74. The lowest BCUT2D eigenvalue weighted by molar-refractivity contribution is 0.337. The zero-order valence-corrected chi connectivity index (χ0v) is 12.5. The molecule has 0 amide bonds. The van der Waals surface area contributed by atoms with Crippen LogP contribution in [0.5, 0.6) is 0 Å². The van der Waals surface area contributed by atoms with E-state index in [1.54, 1.807) is 0 Å². The fourth-order valence-electron chi connectivity index (χ4n) is 2.86. The summed E-state index contributed by atoms with van der Waals surface area (Å²) in [5, 5.41) is 5.39. The summed E-state index contributed by atoms with van der Waals surface area (Å²) in [7, 11) is 0. The maximum Gasteiger partial charge on any atom is 0.126 e. The SMILES string of the molecule is CCCN1CCC(Nc2ccc3cc(Cl)ccc3n2)C1. The number of nitrogens with zero attached hydrogens (tertiary/aromatic N) is 2. The Morgan fingerprint density at radius 3 is 3.10 bits per heavy atom. The van der Waals surface area contributed by atoms with Crippen molar-refractivity contribution in [3.8, 4) is 0 Å². The van der Waals surface area contributed by atoms with Gasteiger partial charge < -0.3 is 10.2 Å². The minimum Gasteiger partial charge on any atom is -0.366 e. The molecule has 2 aromatic rings. The van der Waals surface area contributed by atoms with E-state index in [9.17, 15) is 0 Å². The number of hydrogen-bond donors (Lipinski definition) is 1. The third-order valence-corrected chi connectivity index (χ3v) is 4.05. The van der Waals surface area contributed by atoms with Crippen LogP contribution in [-0.4, -0.2) is 35.6 Å². The molecule has 1 fully saturated rings. The molecule has 1 unspecified atom stereocenters. The molecule has 4 heteroatoms. The Morgan fingerprint density at radius 2 is 2.25 bits per heavy atom. The number of anilines is 1. The van der Waals surface area contributed by atoms with Gasteiger partial charge in [0.15, 0.2) is 0 Å². The maximum absolute atomic E-state index is 5.99. The molecule has 106 valence electrons. The molecule has 1 saturated heterocycles. The van der Waals surface area contributed by atoms with Crippen molar-refractivity contribution in [2.24, 2.45) is 0 Å². The van der Waals surface area contributed by atoms with Crippen LogP contribution in [0.1, 0.15) is 19.8 Å². The van der Waals surface area contributed by atoms with Gasteiger partial charge in [0, 0.05) is 29.5 Å². The first kappa shape index (κ1) is 13.7. The van der Waals surface area contributed by atoms with Crippen LogP contribution in [0.4, 0.5) is 5.82 Å². The van der Waals surface area contributed by atoms with E-state index in [-0.39, 0.29) is 0 Å². The quantitative estimate of drug-likeness (QED) is 0.928. The van der Waals surface area contributed by atoms with Gasteiger partial charge in [0.05, 0.1) is 5.52 Å². The summed E-state index contributed by atoms with van der Waals surface area (Å²) in [6.07, 6.45) is 2.42. The molecule has 2 heterocycles. The summed E-state index contributed by atoms with van der Waals surface area (Å²) < 4.78 is 0. The van der Waals surface area contributed by atoms with Crippen LogP contribution in [-0.2, 0) is 0 Å². The van der Waals surface area contributed by atoms with E-state index in [1.165, 1.54) is 25.9 Å². The first-order valence-electron chi connectivity index (χ1n) is 7.30. The van der Waals surface area contributed by atoms with E-state index in [0.717, 1.165) is 28.3 Å². The number of pyridine rings is 1. The average Bonchev–Trinajstić information content (AvgIpc) is 2.87. The van der Waals surface area contributed by atoms with Crippen LogP contribution in [0, 0.1) is 0 Å². The number of likely N-dealkylation sites (tertiary alicyclic amines) is 1. The Labute approximate surface area is 124 Å². The van der Waals surface area contributed by atoms with Crippen molar-refractivity contribution in [2.45, 2.75) is 25.8 Å². The third kappa shape index (κ3) is 3.05. The number of hydrogen-bond acceptors (Lipinski definition) is 3. The lowest BCUT2D eigenvalue weighted by atomic mass is 10.2. The molecule has 0 aliphatic carbocycles. The van der Waals surface area contributed by atoms with Gasteiger partial charge in [-0.05, 0) is 49.7 Å². The van der Waals surface area contributed by atoms with Crippen molar-refractivity contribution < 1.29 is 0 Å². The fourth-order valence-corrected chi connectivity index (χ4v) is 3.04. The van der Waals surface area contributed by atoms with Gasteiger partial charge in [0.2, 0.25) is 0 Å². The molecule has 3 nitrogen and oxygen atoms in total. The summed E-state index contributed by atoms with van der Waals surface area (Å²) in [6.45, 7) is 5.74. The number of fused-ring (bicyclic) bond motifs is 1. The van der Waals surface area contributed by atoms with Gasteiger partial charge in [-0.15, -0.1) is 0 Å². The average molecular weight is 290 g/mol. The molecule has 0 saturated carbocycles. The van der Waals surface area contributed by atoms with Gasteiger partial charge in [0.25, 0.3) is 0 Å². The lowest BCUT2D eigenvalue weighted by Gasteiger charge is -2.16. The number of nitrogens with one attached hydrogen (secondary N) is 1. The molecule has 0 bridgehead atoms. The van der Waals surface area contributed by atoms with Crippen molar-refractivity contribution in [3.63, 3.8) is 0 Å². The van der Waals surface area contributed by atoms with Crippen LogP contribution in [0.15, 0.2) is 30.3 Å². The van der Waals surface area contributed by atoms with E-state index >= 15 is 0 Å². The molecule has 1 aliphatic heterocycles. The minimum absolute atomic E-state index is 0.513. The van der Waals surface area contributed by atoms with E-state index in [4.69, 9.17) is 11.6 Å². The van der Waals surface area contributed by atoms with Crippen LogP contribution in [0.3, 0.4) is 0 Å². The van der Waals surface area contributed by atoms with Gasteiger partial charge >= 0.3 is 0 Å². The Balaban J connectivity index is 1.70. The molecule has 1 aromatic carbocycles. The standard InChI is InChI=1S/C16H20ClN3/c1-2-8-20-9-7-14(11-20)18-16-6-3-12-10-13(17)4-5-15(12)19-16/h3-6,10,14H,2,7-9,11H2,1H3,(H,18,19). The summed E-state index contributed by atoms with van der Waals surface area (Å²) in [5.41, 5.74) is 0.989. The van der Waals surface area contributed by atoms with E-state index in [1.807, 2.05) is 24.3 Å². The number of rotatable bonds is 4. The molecule has 0 spiro atoms. The topological polar surface area (TPSA) is 28.2 Å². The fraction of sp³-hybridized carbons (Fsp3) is 0.438. The second kappa shape index (κ2) is 5.98. The molecule has 1 aromatic heterocycles. The normalized spacial score (nSPS) is 19.6. The summed E-state index contributed by atoms with van der Waals surface area (Å²) in [6, 6.07) is 10.4. The molecule has 0 radical (unpaired) electrons. The van der Waals surface area contributed by atoms with Crippen LogP contribution in [0.2, 0.25) is 5.02 Å². The molecular weight excluding hydrogens is 270 g/mol. The van der Waals surface area contributed by atoms with Crippen LogP contribution >= 0.6 is 11.6 Å². The lowest BCUT2D eigenvalue weighted by Crippen LogP contribution is -2.27. The minimum atomic E-state index is 0.513. The molecule has 20 heavy (non-hydrogen) atoms. The predicted molar refractivity (Wildman–Crippen MR) is 85.5 cm³/mol. The number of halogens is 1. The highest BCUT2D eigenvalue weighted by Crippen LogP contribution is 2.21. The second-order valence-electron chi connectivity index (χ2n) is 5.46. The predicted octanol–water partition coefficient (Wildman–Crippen LogP) is 3.78.